The zero-order valence-corrected chi connectivity index (χ0v) is 22.4. The largest absolute Gasteiger partial charge is 0.490 e. The van der Waals surface area contributed by atoms with Gasteiger partial charge in [0.2, 0.25) is 0 Å². The topological polar surface area (TPSA) is 84.9 Å². The maximum absolute atomic E-state index is 13.2. The maximum atomic E-state index is 13.2. The Morgan fingerprint density at radius 2 is 1.69 bits per heavy atom. The van der Waals surface area contributed by atoms with Gasteiger partial charge in [-0.05, 0) is 90.0 Å². The number of amides is 4. The lowest BCUT2D eigenvalue weighted by atomic mass is 10.1. The molecule has 184 valence electrons. The van der Waals surface area contributed by atoms with Crippen molar-refractivity contribution in [3.05, 3.63) is 91.5 Å². The predicted octanol–water partition coefficient (Wildman–Crippen LogP) is 5.90. The van der Waals surface area contributed by atoms with Gasteiger partial charge < -0.3 is 9.47 Å². The minimum atomic E-state index is -0.790. The van der Waals surface area contributed by atoms with E-state index in [9.17, 15) is 14.4 Å². The number of imide groups is 2. The van der Waals surface area contributed by atoms with E-state index in [2.05, 4.69) is 27.9 Å². The van der Waals surface area contributed by atoms with Crippen molar-refractivity contribution in [3.8, 4) is 11.5 Å². The monoisotopic (exact) mass is 616 g/mol. The van der Waals surface area contributed by atoms with Gasteiger partial charge in [-0.15, -0.1) is 0 Å². The molecule has 7 nitrogen and oxygen atoms in total. The van der Waals surface area contributed by atoms with Crippen LogP contribution < -0.4 is 19.7 Å². The van der Waals surface area contributed by atoms with Gasteiger partial charge in [-0.1, -0.05) is 41.4 Å². The van der Waals surface area contributed by atoms with Gasteiger partial charge in [0.1, 0.15) is 12.2 Å². The summed E-state index contributed by atoms with van der Waals surface area (Å²) in [5.41, 5.74) is 2.68. The molecule has 0 unspecified atom stereocenters. The second-order valence-electron chi connectivity index (χ2n) is 7.97. The van der Waals surface area contributed by atoms with E-state index in [1.807, 2.05) is 26.0 Å². The minimum Gasteiger partial charge on any atom is -0.490 e. The number of hydrogen-bond donors (Lipinski definition) is 1. The van der Waals surface area contributed by atoms with Crippen molar-refractivity contribution in [1.82, 2.24) is 5.32 Å². The molecule has 1 aliphatic rings. The summed E-state index contributed by atoms with van der Waals surface area (Å²) in [5, 5.41) is 2.89. The molecule has 3 aromatic rings. The van der Waals surface area contributed by atoms with Gasteiger partial charge in [-0.3, -0.25) is 14.9 Å². The number of aryl methyl sites for hydroxylation is 1. The van der Waals surface area contributed by atoms with Crippen LogP contribution in [0.4, 0.5) is 10.5 Å². The van der Waals surface area contributed by atoms with Crippen LogP contribution in [0.25, 0.3) is 6.08 Å². The Morgan fingerprint density at radius 3 is 2.36 bits per heavy atom. The van der Waals surface area contributed by atoms with E-state index < -0.39 is 17.8 Å². The summed E-state index contributed by atoms with van der Waals surface area (Å²) in [4.78, 5) is 39.2. The Labute approximate surface area is 227 Å². The Morgan fingerprint density at radius 1 is 1.00 bits per heavy atom. The molecule has 0 aliphatic carbocycles. The molecule has 1 fully saturated rings. The number of anilines is 1. The molecule has 1 aliphatic heterocycles. The van der Waals surface area contributed by atoms with Crippen LogP contribution >= 0.6 is 34.2 Å². The average Bonchev–Trinajstić information content (AvgIpc) is 2.83. The highest BCUT2D eigenvalue weighted by molar-refractivity contribution is 14.1. The molecule has 9 heteroatoms. The van der Waals surface area contributed by atoms with E-state index in [4.69, 9.17) is 21.1 Å². The van der Waals surface area contributed by atoms with E-state index in [1.54, 1.807) is 48.5 Å². The molecule has 36 heavy (non-hydrogen) atoms. The Kier molecular flexibility index (Phi) is 7.95. The first kappa shape index (κ1) is 25.7. The third-order valence-corrected chi connectivity index (χ3v) is 6.39. The van der Waals surface area contributed by atoms with E-state index in [-0.39, 0.29) is 5.57 Å². The van der Waals surface area contributed by atoms with Crippen molar-refractivity contribution in [2.24, 2.45) is 0 Å². The Hall–Kier alpha value is -3.37. The van der Waals surface area contributed by atoms with Crippen molar-refractivity contribution in [2.75, 3.05) is 11.5 Å². The van der Waals surface area contributed by atoms with Crippen LogP contribution in [0.1, 0.15) is 23.6 Å². The fourth-order valence-electron chi connectivity index (χ4n) is 3.56. The maximum Gasteiger partial charge on any atom is 0.335 e. The van der Waals surface area contributed by atoms with Gasteiger partial charge in [0.25, 0.3) is 11.8 Å². The van der Waals surface area contributed by atoms with Crippen LogP contribution in [0.2, 0.25) is 5.02 Å². The number of barbiturate groups is 1. The van der Waals surface area contributed by atoms with Gasteiger partial charge in [-0.2, -0.15) is 0 Å². The number of ether oxygens (including phenoxy) is 2. The van der Waals surface area contributed by atoms with E-state index in [1.165, 1.54) is 6.08 Å². The number of carbonyl (C=O) groups is 3. The fraction of sp³-hybridized carbons (Fsp3) is 0.148. The Balaban J connectivity index is 1.65. The molecule has 4 amide bonds. The number of halogens is 2. The van der Waals surface area contributed by atoms with Crippen LogP contribution in [0.15, 0.2) is 66.2 Å². The molecule has 4 rings (SSSR count). The SMILES string of the molecule is CCOc1cc(/C=C2\C(=O)NC(=O)N(c3ccc(C)cc3)C2=O)cc(I)c1OCc1ccc(Cl)cc1. The molecular formula is C27H22ClIN2O5. The van der Waals surface area contributed by atoms with Crippen LogP contribution in [-0.2, 0) is 16.2 Å². The zero-order chi connectivity index (χ0) is 25.8. The molecular weight excluding hydrogens is 595 g/mol. The van der Waals surface area contributed by atoms with Crippen LogP contribution in [0.5, 0.6) is 11.5 Å². The highest BCUT2D eigenvalue weighted by Gasteiger charge is 2.36. The lowest BCUT2D eigenvalue weighted by molar-refractivity contribution is -0.122. The number of carbonyl (C=O) groups excluding carboxylic acids is 3. The lowest BCUT2D eigenvalue weighted by Gasteiger charge is -2.26. The average molecular weight is 617 g/mol. The molecule has 0 radical (unpaired) electrons. The van der Waals surface area contributed by atoms with Gasteiger partial charge in [0.05, 0.1) is 15.9 Å². The summed E-state index contributed by atoms with van der Waals surface area (Å²) < 4.78 is 12.6. The van der Waals surface area contributed by atoms with Crippen LogP contribution in [0.3, 0.4) is 0 Å². The first-order chi connectivity index (χ1) is 17.3. The number of rotatable bonds is 7. The smallest absolute Gasteiger partial charge is 0.335 e. The predicted molar refractivity (Wildman–Crippen MR) is 146 cm³/mol. The molecule has 0 spiro atoms. The normalized spacial score (nSPS) is 14.7. The van der Waals surface area contributed by atoms with Crippen molar-refractivity contribution < 1.29 is 23.9 Å². The molecule has 0 saturated carbocycles. The second-order valence-corrected chi connectivity index (χ2v) is 9.57. The molecule has 0 atom stereocenters. The highest BCUT2D eigenvalue weighted by Crippen LogP contribution is 2.36. The van der Waals surface area contributed by atoms with Crippen LogP contribution in [0, 0.1) is 10.5 Å². The van der Waals surface area contributed by atoms with E-state index in [0.717, 1.165) is 19.6 Å². The molecule has 1 N–H and O–H groups in total. The van der Waals surface area contributed by atoms with Crippen molar-refractivity contribution >= 4 is 63.8 Å². The number of hydrogen-bond acceptors (Lipinski definition) is 5. The van der Waals surface area contributed by atoms with E-state index in [0.29, 0.717) is 41.0 Å². The van der Waals surface area contributed by atoms with Crippen molar-refractivity contribution in [2.45, 2.75) is 20.5 Å². The summed E-state index contributed by atoms with van der Waals surface area (Å²) >= 11 is 8.07. The van der Waals surface area contributed by atoms with Gasteiger partial charge >= 0.3 is 6.03 Å². The van der Waals surface area contributed by atoms with Gasteiger partial charge in [0.15, 0.2) is 11.5 Å². The first-order valence-electron chi connectivity index (χ1n) is 11.1. The van der Waals surface area contributed by atoms with Crippen molar-refractivity contribution in [3.63, 3.8) is 0 Å². The summed E-state index contributed by atoms with van der Waals surface area (Å²) in [6.45, 7) is 4.45. The summed E-state index contributed by atoms with van der Waals surface area (Å²) in [6, 6.07) is 16.9. The second kappa shape index (κ2) is 11.1. The number of benzene rings is 3. The molecule has 1 heterocycles. The zero-order valence-electron chi connectivity index (χ0n) is 19.5. The number of urea groups is 1. The molecule has 3 aromatic carbocycles. The van der Waals surface area contributed by atoms with Crippen molar-refractivity contribution in [1.29, 1.82) is 0 Å². The lowest BCUT2D eigenvalue weighted by Crippen LogP contribution is -2.54. The third kappa shape index (κ3) is 5.71. The molecule has 0 aromatic heterocycles. The summed E-state index contributed by atoms with van der Waals surface area (Å²) in [7, 11) is 0. The summed E-state index contributed by atoms with van der Waals surface area (Å²) in [5.74, 6) is -0.446. The Bertz CT molecular complexity index is 1350. The first-order valence-corrected chi connectivity index (χ1v) is 12.5. The molecule has 0 bridgehead atoms. The minimum absolute atomic E-state index is 0.164. The number of nitrogens with one attached hydrogen (secondary N) is 1. The highest BCUT2D eigenvalue weighted by atomic mass is 127. The van der Waals surface area contributed by atoms with Gasteiger partial charge in [0, 0.05) is 5.02 Å². The quantitative estimate of drug-likeness (QED) is 0.203. The van der Waals surface area contributed by atoms with Gasteiger partial charge in [-0.25, -0.2) is 9.69 Å². The molecule has 1 saturated heterocycles. The number of nitrogens with zero attached hydrogens (tertiary/aromatic N) is 1. The standard InChI is InChI=1S/C27H22ClIN2O5/c1-3-35-23-14-18(13-22(29)24(23)36-15-17-6-8-19(28)9-7-17)12-21-25(32)30-27(34)31(26(21)33)20-10-4-16(2)5-11-20/h4-14H,3,15H2,1-2H3,(H,30,32,34)/b21-12+. The third-order valence-electron chi connectivity index (χ3n) is 5.33. The van der Waals surface area contributed by atoms with E-state index >= 15 is 0 Å². The summed E-state index contributed by atoms with van der Waals surface area (Å²) in [6.07, 6.45) is 1.44. The van der Waals surface area contributed by atoms with Crippen LogP contribution in [-0.4, -0.2) is 24.5 Å². The fourth-order valence-corrected chi connectivity index (χ4v) is 4.47.